The second-order valence-electron chi connectivity index (χ2n) is 6.56. The van der Waals surface area contributed by atoms with Crippen LogP contribution in [0.2, 0.25) is 0 Å². The summed E-state index contributed by atoms with van der Waals surface area (Å²) in [6, 6.07) is 7.68. The van der Waals surface area contributed by atoms with E-state index in [-0.39, 0.29) is 12.1 Å². The van der Waals surface area contributed by atoms with Crippen molar-refractivity contribution in [3.05, 3.63) is 70.2 Å². The molecule has 2 aromatic heterocycles. The molecule has 28 heavy (non-hydrogen) atoms. The molecule has 0 radical (unpaired) electrons. The van der Waals surface area contributed by atoms with E-state index in [4.69, 9.17) is 4.52 Å². The minimum atomic E-state index is -4.54. The first-order valence-electron chi connectivity index (χ1n) is 8.50. The first-order chi connectivity index (χ1) is 13.1. The second-order valence-corrected chi connectivity index (χ2v) is 6.56. The molecular formula is C20H18F3N3O2. The van der Waals surface area contributed by atoms with Crippen LogP contribution in [0.3, 0.4) is 0 Å². The Morgan fingerprint density at radius 2 is 1.79 bits per heavy atom. The number of hydrogen-bond donors (Lipinski definition) is 1. The lowest BCUT2D eigenvalue weighted by atomic mass is 9.97. The van der Waals surface area contributed by atoms with Gasteiger partial charge in [0.1, 0.15) is 11.4 Å². The summed E-state index contributed by atoms with van der Waals surface area (Å²) in [5, 5.41) is 6.65. The second kappa shape index (κ2) is 7.46. The van der Waals surface area contributed by atoms with Crippen molar-refractivity contribution in [2.75, 3.05) is 0 Å². The molecule has 5 nitrogen and oxygen atoms in total. The van der Waals surface area contributed by atoms with Crippen molar-refractivity contribution in [1.29, 1.82) is 0 Å². The fourth-order valence-corrected chi connectivity index (χ4v) is 3.06. The van der Waals surface area contributed by atoms with Crippen LogP contribution in [0.25, 0.3) is 11.3 Å². The summed E-state index contributed by atoms with van der Waals surface area (Å²) < 4.78 is 42.9. The molecule has 3 rings (SSSR count). The number of halogens is 3. The van der Waals surface area contributed by atoms with E-state index in [9.17, 15) is 18.0 Å². The Kier molecular flexibility index (Phi) is 5.22. The number of amides is 1. The van der Waals surface area contributed by atoms with Gasteiger partial charge < -0.3 is 9.84 Å². The number of aromatic nitrogens is 2. The lowest BCUT2D eigenvalue weighted by molar-refractivity contribution is -0.141. The summed E-state index contributed by atoms with van der Waals surface area (Å²) in [6.45, 7) is 6.05. The molecule has 0 saturated carbocycles. The Labute approximate surface area is 159 Å². The van der Waals surface area contributed by atoms with E-state index in [0.717, 1.165) is 40.6 Å². The molecule has 1 aromatic carbocycles. The molecule has 0 saturated heterocycles. The number of pyridine rings is 1. The van der Waals surface area contributed by atoms with E-state index in [1.165, 1.54) is 0 Å². The van der Waals surface area contributed by atoms with E-state index in [0.29, 0.717) is 11.5 Å². The van der Waals surface area contributed by atoms with Gasteiger partial charge in [-0.3, -0.25) is 9.78 Å². The highest BCUT2D eigenvalue weighted by Gasteiger charge is 2.32. The molecule has 0 unspecified atom stereocenters. The molecule has 0 spiro atoms. The van der Waals surface area contributed by atoms with Crippen LogP contribution in [0.1, 0.15) is 38.5 Å². The normalized spacial score (nSPS) is 11.5. The van der Waals surface area contributed by atoms with Crippen LogP contribution in [-0.2, 0) is 12.7 Å². The standard InChI is InChI=1S/C20H18F3N3O2/c1-11-6-12(2)18(13(3)7-11)16-8-15(28-26-16)10-25-19(27)14-4-5-17(24-9-14)20(21,22)23/h4-9H,10H2,1-3H3,(H,25,27). The van der Waals surface area contributed by atoms with Gasteiger partial charge in [0.25, 0.3) is 5.91 Å². The maximum absolute atomic E-state index is 12.5. The molecule has 146 valence electrons. The zero-order chi connectivity index (χ0) is 20.5. The zero-order valence-electron chi connectivity index (χ0n) is 15.5. The van der Waals surface area contributed by atoms with E-state index in [1.54, 1.807) is 6.07 Å². The van der Waals surface area contributed by atoms with Crippen LogP contribution in [0.5, 0.6) is 0 Å². The van der Waals surface area contributed by atoms with E-state index in [2.05, 4.69) is 27.6 Å². The number of nitrogens with zero attached hydrogens (tertiary/aromatic N) is 2. The summed E-state index contributed by atoms with van der Waals surface area (Å²) in [6.07, 6.45) is -3.65. The fraction of sp³-hybridized carbons (Fsp3) is 0.250. The fourth-order valence-electron chi connectivity index (χ4n) is 3.06. The largest absolute Gasteiger partial charge is 0.433 e. The van der Waals surface area contributed by atoms with Gasteiger partial charge in [-0.15, -0.1) is 0 Å². The first kappa shape index (κ1) is 19.6. The van der Waals surface area contributed by atoms with E-state index in [1.807, 2.05) is 20.8 Å². The Hall–Kier alpha value is -3.16. The van der Waals surface area contributed by atoms with E-state index < -0.39 is 17.8 Å². The Bertz CT molecular complexity index is 985. The number of hydrogen-bond acceptors (Lipinski definition) is 4. The molecule has 2 heterocycles. The molecule has 0 atom stereocenters. The molecule has 0 aliphatic rings. The van der Waals surface area contributed by atoms with Gasteiger partial charge in [-0.25, -0.2) is 0 Å². The molecular weight excluding hydrogens is 371 g/mol. The molecule has 0 bridgehead atoms. The summed E-state index contributed by atoms with van der Waals surface area (Å²) in [4.78, 5) is 15.4. The number of benzene rings is 1. The van der Waals surface area contributed by atoms with Crippen molar-refractivity contribution in [2.45, 2.75) is 33.5 Å². The van der Waals surface area contributed by atoms with Crippen LogP contribution in [0.15, 0.2) is 41.1 Å². The van der Waals surface area contributed by atoms with Crippen molar-refractivity contribution in [3.63, 3.8) is 0 Å². The lowest BCUT2D eigenvalue weighted by Crippen LogP contribution is -2.23. The highest BCUT2D eigenvalue weighted by atomic mass is 19.4. The van der Waals surface area contributed by atoms with Gasteiger partial charge in [-0.2, -0.15) is 13.2 Å². The summed E-state index contributed by atoms with van der Waals surface area (Å²) in [5.41, 5.74) is 3.90. The number of alkyl halides is 3. The van der Waals surface area contributed by atoms with Gasteiger partial charge >= 0.3 is 6.18 Å². The number of carbonyl (C=O) groups is 1. The molecule has 1 N–H and O–H groups in total. The van der Waals surface area contributed by atoms with Gasteiger partial charge in [0.05, 0.1) is 12.1 Å². The molecule has 1 amide bonds. The summed E-state index contributed by atoms with van der Waals surface area (Å²) in [7, 11) is 0. The zero-order valence-corrected chi connectivity index (χ0v) is 15.5. The predicted octanol–water partition coefficient (Wildman–Crippen LogP) is 4.61. The van der Waals surface area contributed by atoms with Crippen LogP contribution >= 0.6 is 0 Å². The van der Waals surface area contributed by atoms with E-state index >= 15 is 0 Å². The molecule has 0 fully saturated rings. The highest BCUT2D eigenvalue weighted by Crippen LogP contribution is 2.28. The summed E-state index contributed by atoms with van der Waals surface area (Å²) in [5.74, 6) is -0.121. The van der Waals surface area contributed by atoms with Gasteiger partial charge in [0, 0.05) is 17.8 Å². The number of carbonyl (C=O) groups excluding carboxylic acids is 1. The van der Waals surface area contributed by atoms with Crippen molar-refractivity contribution >= 4 is 5.91 Å². The average molecular weight is 389 g/mol. The number of rotatable bonds is 4. The highest BCUT2D eigenvalue weighted by molar-refractivity contribution is 5.93. The Balaban J connectivity index is 1.69. The van der Waals surface area contributed by atoms with Crippen LogP contribution in [0, 0.1) is 20.8 Å². The Morgan fingerprint density at radius 3 is 2.36 bits per heavy atom. The van der Waals surface area contributed by atoms with Crippen LogP contribution in [-0.4, -0.2) is 16.0 Å². The third-order valence-corrected chi connectivity index (χ3v) is 4.23. The molecule has 8 heteroatoms. The minimum Gasteiger partial charge on any atom is -0.359 e. The smallest absolute Gasteiger partial charge is 0.359 e. The number of aryl methyl sites for hydroxylation is 3. The van der Waals surface area contributed by atoms with Gasteiger partial charge in [0.2, 0.25) is 0 Å². The van der Waals surface area contributed by atoms with Crippen LogP contribution < -0.4 is 5.32 Å². The SMILES string of the molecule is Cc1cc(C)c(-c2cc(CNC(=O)c3ccc(C(F)(F)F)nc3)on2)c(C)c1. The molecule has 0 aliphatic carbocycles. The topological polar surface area (TPSA) is 68.0 Å². The summed E-state index contributed by atoms with van der Waals surface area (Å²) >= 11 is 0. The number of nitrogens with one attached hydrogen (secondary N) is 1. The molecule has 0 aliphatic heterocycles. The quantitative estimate of drug-likeness (QED) is 0.708. The monoisotopic (exact) mass is 389 g/mol. The van der Waals surface area contributed by atoms with Gasteiger partial charge in [-0.1, -0.05) is 22.9 Å². The third kappa shape index (κ3) is 4.21. The Morgan fingerprint density at radius 1 is 1.11 bits per heavy atom. The maximum atomic E-state index is 12.5. The van der Waals surface area contributed by atoms with Crippen molar-refractivity contribution in [3.8, 4) is 11.3 Å². The van der Waals surface area contributed by atoms with Crippen molar-refractivity contribution in [1.82, 2.24) is 15.5 Å². The van der Waals surface area contributed by atoms with Crippen LogP contribution in [0.4, 0.5) is 13.2 Å². The predicted molar refractivity (Wildman–Crippen MR) is 96.6 cm³/mol. The van der Waals surface area contributed by atoms with Gasteiger partial charge in [0.15, 0.2) is 5.76 Å². The lowest BCUT2D eigenvalue weighted by Gasteiger charge is -2.08. The minimum absolute atomic E-state index is 0.0259. The van der Waals surface area contributed by atoms with Gasteiger partial charge in [-0.05, 0) is 44.0 Å². The van der Waals surface area contributed by atoms with Crippen molar-refractivity contribution < 1.29 is 22.5 Å². The molecule has 3 aromatic rings. The first-order valence-corrected chi connectivity index (χ1v) is 8.50. The average Bonchev–Trinajstić information content (AvgIpc) is 3.06. The third-order valence-electron chi connectivity index (χ3n) is 4.23. The maximum Gasteiger partial charge on any atom is 0.433 e. The van der Waals surface area contributed by atoms with Crippen molar-refractivity contribution in [2.24, 2.45) is 0 Å².